The first-order valence-electron chi connectivity index (χ1n) is 4.61. The highest BCUT2D eigenvalue weighted by Crippen LogP contribution is 2.08. The van der Waals surface area contributed by atoms with Crippen LogP contribution < -0.4 is 5.32 Å². The van der Waals surface area contributed by atoms with E-state index >= 15 is 0 Å². The molecule has 0 saturated carbocycles. The molecule has 0 unspecified atom stereocenters. The van der Waals surface area contributed by atoms with E-state index in [0.717, 1.165) is 5.69 Å². The lowest BCUT2D eigenvalue weighted by Gasteiger charge is -2.04. The van der Waals surface area contributed by atoms with Crippen molar-refractivity contribution in [2.24, 2.45) is 0 Å². The molecule has 1 N–H and O–H groups in total. The molecule has 82 valence electrons. The van der Waals surface area contributed by atoms with Crippen molar-refractivity contribution in [3.05, 3.63) is 23.5 Å². The topological polar surface area (TPSA) is 60.3 Å². The number of methoxy groups -OCH3 is 1. The minimum absolute atomic E-state index is 0.347. The van der Waals surface area contributed by atoms with Gasteiger partial charge in [0.15, 0.2) is 0 Å². The van der Waals surface area contributed by atoms with E-state index in [2.05, 4.69) is 10.1 Å². The molecule has 1 aromatic heterocycles. The smallest absolute Gasteiger partial charge is 0.339 e. The SMILES string of the molecule is COC(=O)c1cc(C)n(CCNC=O)c1. The summed E-state index contributed by atoms with van der Waals surface area (Å²) in [6.07, 6.45) is 2.37. The van der Waals surface area contributed by atoms with Crippen LogP contribution in [-0.2, 0) is 16.1 Å². The Morgan fingerprint density at radius 3 is 3.00 bits per heavy atom. The van der Waals surface area contributed by atoms with Crippen molar-refractivity contribution >= 4 is 12.4 Å². The first-order valence-corrected chi connectivity index (χ1v) is 4.61. The molecule has 5 heteroatoms. The molecule has 0 aliphatic rings. The number of aryl methyl sites for hydroxylation is 1. The third-order valence-corrected chi connectivity index (χ3v) is 2.11. The lowest BCUT2D eigenvalue weighted by molar-refractivity contribution is -0.109. The summed E-state index contributed by atoms with van der Waals surface area (Å²) in [5.41, 5.74) is 1.49. The summed E-state index contributed by atoms with van der Waals surface area (Å²) in [6.45, 7) is 3.08. The molecule has 1 heterocycles. The summed E-state index contributed by atoms with van der Waals surface area (Å²) in [6, 6.07) is 1.76. The van der Waals surface area contributed by atoms with Crippen molar-refractivity contribution in [3.8, 4) is 0 Å². The molecule has 0 radical (unpaired) electrons. The Kier molecular flexibility index (Phi) is 3.91. The fraction of sp³-hybridized carbons (Fsp3) is 0.400. The second-order valence-corrected chi connectivity index (χ2v) is 3.13. The molecule has 0 aliphatic carbocycles. The van der Waals surface area contributed by atoms with E-state index in [1.807, 2.05) is 11.5 Å². The van der Waals surface area contributed by atoms with Gasteiger partial charge in [-0.15, -0.1) is 0 Å². The molecule has 0 fully saturated rings. The molecule has 5 nitrogen and oxygen atoms in total. The van der Waals surface area contributed by atoms with Gasteiger partial charge in [0.1, 0.15) is 0 Å². The predicted molar refractivity (Wildman–Crippen MR) is 54.6 cm³/mol. The molecule has 1 rings (SSSR count). The number of nitrogens with zero attached hydrogens (tertiary/aromatic N) is 1. The third kappa shape index (κ3) is 2.83. The Bertz CT molecular complexity index is 358. The van der Waals surface area contributed by atoms with Gasteiger partial charge in [-0.3, -0.25) is 4.79 Å². The van der Waals surface area contributed by atoms with Crippen molar-refractivity contribution in [2.45, 2.75) is 13.5 Å². The summed E-state index contributed by atoms with van der Waals surface area (Å²) in [5, 5.41) is 2.56. The Balaban J connectivity index is 2.68. The molecule has 0 aromatic carbocycles. The van der Waals surface area contributed by atoms with Gasteiger partial charge in [-0.25, -0.2) is 4.79 Å². The summed E-state index contributed by atoms with van der Waals surface area (Å²) in [7, 11) is 1.35. The molecule has 0 spiro atoms. The van der Waals surface area contributed by atoms with Gasteiger partial charge >= 0.3 is 5.97 Å². The number of carbonyl (C=O) groups is 2. The van der Waals surface area contributed by atoms with Gasteiger partial charge < -0.3 is 14.6 Å². The Hall–Kier alpha value is -1.78. The first kappa shape index (κ1) is 11.3. The van der Waals surface area contributed by atoms with Crippen LogP contribution in [0, 0.1) is 6.92 Å². The fourth-order valence-corrected chi connectivity index (χ4v) is 1.33. The van der Waals surface area contributed by atoms with Crippen molar-refractivity contribution in [2.75, 3.05) is 13.7 Å². The standard InChI is InChI=1S/C10H14N2O3/c1-8-5-9(10(14)15-2)6-12(8)4-3-11-7-13/h5-7H,3-4H2,1-2H3,(H,11,13). The van der Waals surface area contributed by atoms with Crippen LogP contribution in [0.5, 0.6) is 0 Å². The number of aromatic nitrogens is 1. The van der Waals surface area contributed by atoms with Crippen LogP contribution in [-0.4, -0.2) is 30.6 Å². The summed E-state index contributed by atoms with van der Waals surface area (Å²) < 4.78 is 6.50. The van der Waals surface area contributed by atoms with E-state index in [-0.39, 0.29) is 5.97 Å². The zero-order valence-electron chi connectivity index (χ0n) is 8.82. The molecule has 0 bridgehead atoms. The van der Waals surface area contributed by atoms with Crippen molar-refractivity contribution in [3.63, 3.8) is 0 Å². The first-order chi connectivity index (χ1) is 7.19. The zero-order valence-corrected chi connectivity index (χ0v) is 8.82. The van der Waals surface area contributed by atoms with Gasteiger partial charge in [-0.2, -0.15) is 0 Å². The molecular formula is C10H14N2O3. The Morgan fingerprint density at radius 2 is 2.40 bits per heavy atom. The molecular weight excluding hydrogens is 196 g/mol. The normalized spacial score (nSPS) is 9.73. The van der Waals surface area contributed by atoms with Crippen LogP contribution in [0.3, 0.4) is 0 Å². The second kappa shape index (κ2) is 5.19. The average Bonchev–Trinajstić information content (AvgIpc) is 2.60. The number of hydrogen-bond donors (Lipinski definition) is 1. The number of nitrogens with one attached hydrogen (secondary N) is 1. The lowest BCUT2D eigenvalue weighted by atomic mass is 10.3. The Morgan fingerprint density at radius 1 is 1.67 bits per heavy atom. The van der Waals surface area contributed by atoms with Crippen molar-refractivity contribution < 1.29 is 14.3 Å². The number of rotatable bonds is 5. The summed E-state index contributed by atoms with van der Waals surface area (Å²) in [4.78, 5) is 21.2. The van der Waals surface area contributed by atoms with Gasteiger partial charge in [0.05, 0.1) is 12.7 Å². The van der Waals surface area contributed by atoms with Crippen LogP contribution in [0.15, 0.2) is 12.3 Å². The maximum absolute atomic E-state index is 11.2. The maximum atomic E-state index is 11.2. The number of amides is 1. The largest absolute Gasteiger partial charge is 0.465 e. The minimum Gasteiger partial charge on any atom is -0.465 e. The van der Waals surface area contributed by atoms with E-state index < -0.39 is 0 Å². The average molecular weight is 210 g/mol. The van der Waals surface area contributed by atoms with Crippen LogP contribution in [0.2, 0.25) is 0 Å². The third-order valence-electron chi connectivity index (χ3n) is 2.11. The van der Waals surface area contributed by atoms with Gasteiger partial charge in [0.25, 0.3) is 0 Å². The minimum atomic E-state index is -0.347. The summed E-state index contributed by atoms with van der Waals surface area (Å²) >= 11 is 0. The molecule has 0 saturated heterocycles. The maximum Gasteiger partial charge on any atom is 0.339 e. The summed E-state index contributed by atoms with van der Waals surface area (Å²) in [5.74, 6) is -0.347. The second-order valence-electron chi connectivity index (χ2n) is 3.13. The van der Waals surface area contributed by atoms with Crippen LogP contribution in [0.4, 0.5) is 0 Å². The van der Waals surface area contributed by atoms with Crippen LogP contribution in [0.25, 0.3) is 0 Å². The molecule has 0 aliphatic heterocycles. The van der Waals surface area contributed by atoms with Gasteiger partial charge in [0.2, 0.25) is 6.41 Å². The van der Waals surface area contributed by atoms with E-state index in [0.29, 0.717) is 25.1 Å². The number of carbonyl (C=O) groups excluding carboxylic acids is 2. The van der Waals surface area contributed by atoms with Crippen molar-refractivity contribution in [1.29, 1.82) is 0 Å². The molecule has 15 heavy (non-hydrogen) atoms. The highest BCUT2D eigenvalue weighted by molar-refractivity contribution is 5.89. The Labute approximate surface area is 88.0 Å². The number of esters is 1. The highest BCUT2D eigenvalue weighted by atomic mass is 16.5. The highest BCUT2D eigenvalue weighted by Gasteiger charge is 2.09. The van der Waals surface area contributed by atoms with E-state index in [9.17, 15) is 9.59 Å². The van der Waals surface area contributed by atoms with Crippen LogP contribution in [0.1, 0.15) is 16.1 Å². The van der Waals surface area contributed by atoms with E-state index in [1.54, 1.807) is 12.3 Å². The van der Waals surface area contributed by atoms with E-state index in [4.69, 9.17) is 0 Å². The molecule has 1 aromatic rings. The van der Waals surface area contributed by atoms with Gasteiger partial charge in [0, 0.05) is 25.0 Å². The van der Waals surface area contributed by atoms with Crippen molar-refractivity contribution in [1.82, 2.24) is 9.88 Å². The predicted octanol–water partition coefficient (Wildman–Crippen LogP) is 0.329. The number of hydrogen-bond acceptors (Lipinski definition) is 3. The van der Waals surface area contributed by atoms with Gasteiger partial charge in [-0.05, 0) is 13.0 Å². The van der Waals surface area contributed by atoms with E-state index in [1.165, 1.54) is 7.11 Å². The zero-order chi connectivity index (χ0) is 11.3. The quantitative estimate of drug-likeness (QED) is 0.433. The number of ether oxygens (including phenoxy) is 1. The molecule has 0 atom stereocenters. The van der Waals surface area contributed by atoms with Gasteiger partial charge in [-0.1, -0.05) is 0 Å². The monoisotopic (exact) mass is 210 g/mol. The lowest BCUT2D eigenvalue weighted by Crippen LogP contribution is -2.18. The van der Waals surface area contributed by atoms with Crippen LogP contribution >= 0.6 is 0 Å². The fourth-order valence-electron chi connectivity index (χ4n) is 1.33. The molecule has 1 amide bonds.